The first-order chi connectivity index (χ1) is 8.64. The smallest absolute Gasteiger partial charge is 0.228 e. The third-order valence-electron chi connectivity index (χ3n) is 6.00. The third-order valence-corrected chi connectivity index (χ3v) is 6.00. The van der Waals surface area contributed by atoms with Crippen molar-refractivity contribution >= 4 is 5.91 Å². The molecule has 3 heteroatoms. The Kier molecular flexibility index (Phi) is 2.33. The average Bonchev–Trinajstić information content (AvgIpc) is 2.73. The highest BCUT2D eigenvalue weighted by Gasteiger charge is 2.55. The average molecular weight is 248 g/mol. The van der Waals surface area contributed by atoms with Crippen molar-refractivity contribution in [2.24, 2.45) is 28.9 Å². The topological polar surface area (TPSA) is 46.3 Å². The molecule has 5 rings (SSSR count). The first-order valence-corrected chi connectivity index (χ1v) is 7.69. The summed E-state index contributed by atoms with van der Waals surface area (Å²) >= 11 is 0. The lowest BCUT2D eigenvalue weighted by Crippen LogP contribution is -2.54. The molecular formula is C15H24N2O. The van der Waals surface area contributed by atoms with E-state index in [9.17, 15) is 4.79 Å². The van der Waals surface area contributed by atoms with Gasteiger partial charge in [-0.15, -0.1) is 0 Å². The summed E-state index contributed by atoms with van der Waals surface area (Å²) in [5, 5.41) is 0. The van der Waals surface area contributed by atoms with Gasteiger partial charge in [0.05, 0.1) is 5.41 Å². The number of carbonyl (C=O) groups is 1. The normalized spacial score (nSPS) is 49.9. The number of hydrogen-bond acceptors (Lipinski definition) is 2. The fourth-order valence-electron chi connectivity index (χ4n) is 5.68. The molecule has 0 unspecified atom stereocenters. The monoisotopic (exact) mass is 248 g/mol. The van der Waals surface area contributed by atoms with E-state index in [0.29, 0.717) is 5.91 Å². The second kappa shape index (κ2) is 3.72. The molecule has 0 aromatic carbocycles. The van der Waals surface area contributed by atoms with E-state index < -0.39 is 0 Å². The van der Waals surface area contributed by atoms with Crippen molar-refractivity contribution in [1.82, 2.24) is 4.90 Å². The molecule has 0 aromatic rings. The van der Waals surface area contributed by atoms with Gasteiger partial charge < -0.3 is 10.6 Å². The number of hydrogen-bond donors (Lipinski definition) is 1. The molecule has 1 atom stereocenters. The maximum Gasteiger partial charge on any atom is 0.228 e. The number of carbonyl (C=O) groups excluding carboxylic acids is 1. The molecule has 4 saturated carbocycles. The first kappa shape index (κ1) is 11.3. The minimum absolute atomic E-state index is 0.0405. The van der Waals surface area contributed by atoms with Gasteiger partial charge >= 0.3 is 0 Å². The summed E-state index contributed by atoms with van der Waals surface area (Å²) in [6, 6.07) is 0.225. The van der Waals surface area contributed by atoms with Gasteiger partial charge in [-0.25, -0.2) is 0 Å². The predicted octanol–water partition coefficient (Wildman–Crippen LogP) is 1.76. The molecular weight excluding hydrogens is 224 g/mol. The molecule has 0 aromatic heterocycles. The molecule has 4 aliphatic carbocycles. The Hall–Kier alpha value is -0.570. The van der Waals surface area contributed by atoms with Crippen LogP contribution in [-0.4, -0.2) is 29.9 Å². The largest absolute Gasteiger partial charge is 0.341 e. The van der Waals surface area contributed by atoms with Gasteiger partial charge in [0.25, 0.3) is 0 Å². The standard InChI is InChI=1S/C15H24N2O/c16-13-1-2-17(9-13)14(18)15-6-10-3-11(7-15)5-12(4-10)8-15/h10-13H,1-9,16H2/t10?,11?,12?,13-,15?/m1/s1. The third kappa shape index (κ3) is 1.56. The van der Waals surface area contributed by atoms with Crippen LogP contribution in [0.25, 0.3) is 0 Å². The van der Waals surface area contributed by atoms with Gasteiger partial charge in [0.2, 0.25) is 5.91 Å². The quantitative estimate of drug-likeness (QED) is 0.768. The van der Waals surface area contributed by atoms with Gasteiger partial charge in [0.15, 0.2) is 0 Å². The first-order valence-electron chi connectivity index (χ1n) is 7.69. The van der Waals surface area contributed by atoms with E-state index in [2.05, 4.69) is 4.90 Å². The molecule has 2 N–H and O–H groups in total. The van der Waals surface area contributed by atoms with Crippen LogP contribution in [0, 0.1) is 23.2 Å². The van der Waals surface area contributed by atoms with Crippen molar-refractivity contribution < 1.29 is 4.79 Å². The Bertz CT molecular complexity index is 343. The van der Waals surface area contributed by atoms with Crippen LogP contribution >= 0.6 is 0 Å². The van der Waals surface area contributed by atoms with Crippen LogP contribution in [0.2, 0.25) is 0 Å². The zero-order valence-electron chi connectivity index (χ0n) is 11.1. The van der Waals surface area contributed by atoms with Crippen LogP contribution in [0.15, 0.2) is 0 Å². The Balaban J connectivity index is 1.58. The van der Waals surface area contributed by atoms with Crippen molar-refractivity contribution in [3.63, 3.8) is 0 Å². The summed E-state index contributed by atoms with van der Waals surface area (Å²) in [6.45, 7) is 1.71. The summed E-state index contributed by atoms with van der Waals surface area (Å²) < 4.78 is 0. The SMILES string of the molecule is N[C@@H]1CCN(C(=O)C23CC4CC(CC(C4)C2)C3)C1. The molecule has 1 amide bonds. The number of nitrogens with zero attached hydrogens (tertiary/aromatic N) is 1. The van der Waals surface area contributed by atoms with Gasteiger partial charge in [-0.1, -0.05) is 0 Å². The molecule has 4 bridgehead atoms. The molecule has 1 saturated heterocycles. The Morgan fingerprint density at radius 1 is 1.06 bits per heavy atom. The lowest BCUT2D eigenvalue weighted by atomic mass is 9.49. The van der Waals surface area contributed by atoms with Crippen LogP contribution < -0.4 is 5.73 Å². The minimum Gasteiger partial charge on any atom is -0.341 e. The highest BCUT2D eigenvalue weighted by atomic mass is 16.2. The molecule has 5 aliphatic rings. The van der Waals surface area contributed by atoms with Crippen molar-refractivity contribution in [3.05, 3.63) is 0 Å². The van der Waals surface area contributed by atoms with Gasteiger partial charge in [0, 0.05) is 19.1 Å². The van der Waals surface area contributed by atoms with E-state index in [1.54, 1.807) is 0 Å². The molecule has 3 nitrogen and oxygen atoms in total. The minimum atomic E-state index is 0.0405. The second-order valence-corrected chi connectivity index (χ2v) is 7.50. The summed E-state index contributed by atoms with van der Waals surface area (Å²) in [7, 11) is 0. The Morgan fingerprint density at radius 3 is 2.06 bits per heavy atom. The highest BCUT2D eigenvalue weighted by molar-refractivity contribution is 5.83. The maximum absolute atomic E-state index is 12.9. The molecule has 1 aliphatic heterocycles. The number of nitrogens with two attached hydrogens (primary N) is 1. The van der Waals surface area contributed by atoms with E-state index >= 15 is 0 Å². The molecule has 5 fully saturated rings. The summed E-state index contributed by atoms with van der Waals surface area (Å²) in [4.78, 5) is 15.0. The molecule has 100 valence electrons. The zero-order valence-corrected chi connectivity index (χ0v) is 11.1. The van der Waals surface area contributed by atoms with E-state index in [1.807, 2.05) is 0 Å². The number of amides is 1. The van der Waals surface area contributed by atoms with E-state index in [4.69, 9.17) is 5.73 Å². The summed E-state index contributed by atoms with van der Waals surface area (Å²) in [6.07, 6.45) is 8.78. The molecule has 0 spiro atoms. The molecule has 18 heavy (non-hydrogen) atoms. The van der Waals surface area contributed by atoms with Crippen LogP contribution in [0.1, 0.15) is 44.9 Å². The summed E-state index contributed by atoms with van der Waals surface area (Å²) in [5.74, 6) is 3.04. The van der Waals surface area contributed by atoms with Crippen molar-refractivity contribution in [1.29, 1.82) is 0 Å². The molecule has 0 radical (unpaired) electrons. The van der Waals surface area contributed by atoms with Gasteiger partial charge in [0.1, 0.15) is 0 Å². The van der Waals surface area contributed by atoms with Gasteiger partial charge in [-0.05, 0) is 62.7 Å². The lowest BCUT2D eigenvalue weighted by Gasteiger charge is -2.56. The van der Waals surface area contributed by atoms with Crippen LogP contribution in [0.5, 0.6) is 0 Å². The van der Waals surface area contributed by atoms with Crippen molar-refractivity contribution in [2.45, 2.75) is 51.0 Å². The van der Waals surface area contributed by atoms with E-state index in [1.165, 1.54) is 38.5 Å². The summed E-state index contributed by atoms with van der Waals surface area (Å²) in [5.41, 5.74) is 6.00. The van der Waals surface area contributed by atoms with Gasteiger partial charge in [-0.3, -0.25) is 4.79 Å². The fourth-order valence-corrected chi connectivity index (χ4v) is 5.68. The predicted molar refractivity (Wildman–Crippen MR) is 69.8 cm³/mol. The van der Waals surface area contributed by atoms with Crippen LogP contribution in [-0.2, 0) is 4.79 Å². The molecule has 1 heterocycles. The zero-order chi connectivity index (χ0) is 12.3. The number of likely N-dealkylation sites (tertiary alicyclic amines) is 1. The highest BCUT2D eigenvalue weighted by Crippen LogP contribution is 2.60. The Morgan fingerprint density at radius 2 is 1.61 bits per heavy atom. The lowest BCUT2D eigenvalue weighted by molar-refractivity contribution is -0.156. The van der Waals surface area contributed by atoms with Crippen molar-refractivity contribution in [2.75, 3.05) is 13.1 Å². The maximum atomic E-state index is 12.9. The van der Waals surface area contributed by atoms with Crippen LogP contribution in [0.4, 0.5) is 0 Å². The number of rotatable bonds is 1. The van der Waals surface area contributed by atoms with Crippen molar-refractivity contribution in [3.8, 4) is 0 Å². The van der Waals surface area contributed by atoms with E-state index in [0.717, 1.165) is 37.3 Å². The Labute approximate surface area is 109 Å². The fraction of sp³-hybridized carbons (Fsp3) is 0.933. The van der Waals surface area contributed by atoms with Crippen LogP contribution in [0.3, 0.4) is 0 Å². The van der Waals surface area contributed by atoms with E-state index in [-0.39, 0.29) is 11.5 Å². The van der Waals surface area contributed by atoms with Gasteiger partial charge in [-0.2, -0.15) is 0 Å². The second-order valence-electron chi connectivity index (χ2n) is 7.50.